The lowest BCUT2D eigenvalue weighted by molar-refractivity contribution is -0.106. The molecule has 1 aromatic heterocycles. The zero-order valence-electron chi connectivity index (χ0n) is 10.9. The lowest BCUT2D eigenvalue weighted by Gasteiger charge is -2.02. The van der Waals surface area contributed by atoms with E-state index >= 15 is 0 Å². The van der Waals surface area contributed by atoms with Gasteiger partial charge >= 0.3 is 0 Å². The first-order valence-electron chi connectivity index (χ1n) is 5.99. The monoisotopic (exact) mass is 302 g/mol. The van der Waals surface area contributed by atoms with E-state index in [0.29, 0.717) is 17.0 Å². The van der Waals surface area contributed by atoms with Crippen molar-refractivity contribution in [2.45, 2.75) is 6.42 Å². The number of benzene rings is 1. The summed E-state index contributed by atoms with van der Waals surface area (Å²) in [7, 11) is 0. The van der Waals surface area contributed by atoms with Crippen LogP contribution in [0.15, 0.2) is 41.7 Å². The Bertz CT molecular complexity index is 716. The molecule has 0 atom stereocenters. The van der Waals surface area contributed by atoms with Gasteiger partial charge in [-0.3, -0.25) is 4.79 Å². The molecule has 106 valence electrons. The molecule has 2 aromatic rings. The Morgan fingerprint density at radius 3 is 2.86 bits per heavy atom. The fourth-order valence-corrected chi connectivity index (χ4v) is 1.79. The number of aromatic nitrogens is 2. The first-order valence-corrected chi connectivity index (χ1v) is 6.37. The molecule has 0 aliphatic heterocycles. The molecule has 0 aliphatic rings. The Labute approximate surface area is 125 Å². The summed E-state index contributed by atoms with van der Waals surface area (Å²) in [5, 5.41) is 0.562. The average molecular weight is 303 g/mol. The summed E-state index contributed by atoms with van der Waals surface area (Å²) < 4.78 is 0. The lowest BCUT2D eigenvalue weighted by atomic mass is 10.1. The maximum absolute atomic E-state index is 11.9. The van der Waals surface area contributed by atoms with Crippen LogP contribution in [-0.4, -0.2) is 28.0 Å². The molecule has 6 nitrogen and oxygen atoms in total. The van der Waals surface area contributed by atoms with Crippen molar-refractivity contribution in [1.29, 1.82) is 0 Å². The molecule has 21 heavy (non-hydrogen) atoms. The van der Waals surface area contributed by atoms with Gasteiger partial charge in [-0.1, -0.05) is 23.7 Å². The number of carbonyl (C=O) groups is 2. The number of rotatable bonds is 4. The summed E-state index contributed by atoms with van der Waals surface area (Å²) in [6.07, 6.45) is 1.73. The number of hydrogen-bond donors (Lipinski definition) is 1. The summed E-state index contributed by atoms with van der Waals surface area (Å²) in [6.45, 7) is 0. The van der Waals surface area contributed by atoms with Gasteiger partial charge in [0.2, 0.25) is 0 Å². The van der Waals surface area contributed by atoms with Gasteiger partial charge in [-0.2, -0.15) is 4.99 Å². The fourth-order valence-electron chi connectivity index (χ4n) is 1.60. The number of aliphatic imine (C=N–C) groups is 1. The van der Waals surface area contributed by atoms with Gasteiger partial charge in [0.25, 0.3) is 5.91 Å². The summed E-state index contributed by atoms with van der Waals surface area (Å²) in [5.41, 5.74) is 6.82. The summed E-state index contributed by atoms with van der Waals surface area (Å²) >= 11 is 5.92. The predicted molar refractivity (Wildman–Crippen MR) is 79.1 cm³/mol. The van der Waals surface area contributed by atoms with Crippen molar-refractivity contribution in [1.82, 2.24) is 9.97 Å². The number of aldehydes is 1. The zero-order valence-corrected chi connectivity index (χ0v) is 11.6. The normalized spacial score (nSPS) is 11.2. The van der Waals surface area contributed by atoms with E-state index in [-0.39, 0.29) is 18.0 Å². The van der Waals surface area contributed by atoms with Crippen LogP contribution in [0.4, 0.5) is 0 Å². The minimum absolute atomic E-state index is 0.0575. The SMILES string of the molecule is NC(CC=O)=NC(=O)c1cc(-c2cccc(Cl)c2)ncn1. The molecule has 0 saturated carbocycles. The third kappa shape index (κ3) is 3.93. The summed E-state index contributed by atoms with van der Waals surface area (Å²) in [5.74, 6) is -0.682. The van der Waals surface area contributed by atoms with Crippen molar-refractivity contribution in [2.75, 3.05) is 0 Å². The highest BCUT2D eigenvalue weighted by Gasteiger charge is 2.10. The van der Waals surface area contributed by atoms with Crippen LogP contribution >= 0.6 is 11.6 Å². The lowest BCUT2D eigenvalue weighted by Crippen LogP contribution is -2.15. The van der Waals surface area contributed by atoms with Crippen LogP contribution in [0.1, 0.15) is 16.9 Å². The van der Waals surface area contributed by atoms with Crippen molar-refractivity contribution in [3.05, 3.63) is 47.4 Å². The number of amides is 1. The maximum atomic E-state index is 11.9. The van der Waals surface area contributed by atoms with E-state index < -0.39 is 5.91 Å². The van der Waals surface area contributed by atoms with Crippen LogP contribution in [-0.2, 0) is 4.79 Å². The van der Waals surface area contributed by atoms with E-state index in [1.54, 1.807) is 18.2 Å². The quantitative estimate of drug-likeness (QED) is 0.528. The number of carbonyl (C=O) groups excluding carboxylic acids is 2. The molecule has 1 amide bonds. The van der Waals surface area contributed by atoms with Crippen molar-refractivity contribution < 1.29 is 9.59 Å². The molecule has 0 radical (unpaired) electrons. The van der Waals surface area contributed by atoms with Crippen LogP contribution in [0.2, 0.25) is 5.02 Å². The first-order chi connectivity index (χ1) is 10.1. The van der Waals surface area contributed by atoms with Gasteiger partial charge in [-0.05, 0) is 18.2 Å². The number of nitrogens with two attached hydrogens (primary N) is 1. The molecule has 2 rings (SSSR count). The molecule has 0 spiro atoms. The van der Waals surface area contributed by atoms with Crippen LogP contribution in [0.3, 0.4) is 0 Å². The molecule has 0 unspecified atom stereocenters. The van der Waals surface area contributed by atoms with Gasteiger partial charge in [0.15, 0.2) is 0 Å². The van der Waals surface area contributed by atoms with Gasteiger partial charge in [0.1, 0.15) is 24.1 Å². The van der Waals surface area contributed by atoms with Crippen molar-refractivity contribution in [3.8, 4) is 11.3 Å². The molecule has 0 aliphatic carbocycles. The largest absolute Gasteiger partial charge is 0.387 e. The third-order valence-corrected chi connectivity index (χ3v) is 2.78. The Morgan fingerprint density at radius 2 is 2.14 bits per heavy atom. The maximum Gasteiger partial charge on any atom is 0.297 e. The van der Waals surface area contributed by atoms with E-state index in [1.165, 1.54) is 12.4 Å². The van der Waals surface area contributed by atoms with E-state index in [9.17, 15) is 9.59 Å². The highest BCUT2D eigenvalue weighted by molar-refractivity contribution is 6.30. The van der Waals surface area contributed by atoms with E-state index in [1.807, 2.05) is 6.07 Å². The van der Waals surface area contributed by atoms with Gasteiger partial charge in [-0.15, -0.1) is 0 Å². The van der Waals surface area contributed by atoms with E-state index in [4.69, 9.17) is 17.3 Å². The van der Waals surface area contributed by atoms with Gasteiger partial charge in [-0.25, -0.2) is 9.97 Å². The molecular formula is C14H11ClN4O2. The zero-order chi connectivity index (χ0) is 15.2. The van der Waals surface area contributed by atoms with E-state index in [2.05, 4.69) is 15.0 Å². The Kier molecular flexibility index (Phi) is 4.73. The van der Waals surface area contributed by atoms with Gasteiger partial charge in [0.05, 0.1) is 12.1 Å². The number of hydrogen-bond acceptors (Lipinski definition) is 4. The fraction of sp³-hybridized carbons (Fsp3) is 0.0714. The second-order valence-electron chi connectivity index (χ2n) is 4.08. The second-order valence-corrected chi connectivity index (χ2v) is 4.51. The molecule has 0 bridgehead atoms. The smallest absolute Gasteiger partial charge is 0.297 e. The van der Waals surface area contributed by atoms with Gasteiger partial charge < -0.3 is 10.5 Å². The van der Waals surface area contributed by atoms with Crippen molar-refractivity contribution >= 4 is 29.6 Å². The number of amidine groups is 1. The van der Waals surface area contributed by atoms with Crippen LogP contribution in [0.5, 0.6) is 0 Å². The molecular weight excluding hydrogens is 292 g/mol. The molecule has 1 heterocycles. The molecule has 1 aromatic carbocycles. The Morgan fingerprint density at radius 1 is 1.33 bits per heavy atom. The number of nitrogens with zero attached hydrogens (tertiary/aromatic N) is 3. The molecule has 0 saturated heterocycles. The molecule has 7 heteroatoms. The van der Waals surface area contributed by atoms with Crippen molar-refractivity contribution in [3.63, 3.8) is 0 Å². The number of halogens is 1. The highest BCUT2D eigenvalue weighted by atomic mass is 35.5. The topological polar surface area (TPSA) is 98.3 Å². The van der Waals surface area contributed by atoms with Crippen LogP contribution in [0.25, 0.3) is 11.3 Å². The van der Waals surface area contributed by atoms with E-state index in [0.717, 1.165) is 5.56 Å². The highest BCUT2D eigenvalue weighted by Crippen LogP contribution is 2.21. The minimum Gasteiger partial charge on any atom is -0.387 e. The van der Waals surface area contributed by atoms with Gasteiger partial charge in [0, 0.05) is 10.6 Å². The molecule has 0 fully saturated rings. The molecule has 2 N–H and O–H groups in total. The predicted octanol–water partition coefficient (Wildman–Crippen LogP) is 1.88. The summed E-state index contributed by atoms with van der Waals surface area (Å²) in [4.78, 5) is 33.7. The van der Waals surface area contributed by atoms with Crippen LogP contribution in [0, 0.1) is 0 Å². The summed E-state index contributed by atoms with van der Waals surface area (Å²) in [6, 6.07) is 8.55. The minimum atomic E-state index is -0.625. The first kappa shape index (κ1) is 14.8. The Hall–Kier alpha value is -2.60. The van der Waals surface area contributed by atoms with Crippen LogP contribution < -0.4 is 5.73 Å². The standard InChI is InChI=1S/C14H11ClN4O2/c15-10-3-1-2-9(6-10)11-7-12(18-8-17-11)14(21)19-13(16)4-5-20/h1-3,5-8H,4H2,(H2,16,19,21). The third-order valence-electron chi connectivity index (χ3n) is 2.54. The van der Waals surface area contributed by atoms with Crippen molar-refractivity contribution in [2.24, 2.45) is 10.7 Å². The second kappa shape index (κ2) is 6.71. The Balaban J connectivity index is 2.32. The average Bonchev–Trinajstić information content (AvgIpc) is 2.47.